The van der Waals surface area contributed by atoms with Crippen molar-refractivity contribution in [2.24, 2.45) is 11.3 Å². The largest absolute Gasteiger partial charge is 0.481 e. The second-order valence-electron chi connectivity index (χ2n) is 6.21. The van der Waals surface area contributed by atoms with Gasteiger partial charge in [-0.05, 0) is 17.9 Å². The van der Waals surface area contributed by atoms with Gasteiger partial charge < -0.3 is 15.7 Å². The summed E-state index contributed by atoms with van der Waals surface area (Å²) in [5.74, 6) is -1.47. The van der Waals surface area contributed by atoms with E-state index in [1.807, 2.05) is 33.0 Å². The number of amides is 2. The highest BCUT2D eigenvalue weighted by molar-refractivity contribution is 5.75. The summed E-state index contributed by atoms with van der Waals surface area (Å²) in [6.45, 7) is 7.07. The van der Waals surface area contributed by atoms with Crippen LogP contribution in [0.15, 0.2) is 18.5 Å². The van der Waals surface area contributed by atoms with Crippen molar-refractivity contribution < 1.29 is 14.7 Å². The number of hydrogen-bond donors (Lipinski definition) is 3. The first-order chi connectivity index (χ1) is 9.78. The normalized spacial score (nSPS) is 12.7. The van der Waals surface area contributed by atoms with Gasteiger partial charge in [0.2, 0.25) is 0 Å². The van der Waals surface area contributed by atoms with E-state index < -0.39 is 11.9 Å². The number of aromatic nitrogens is 2. The van der Waals surface area contributed by atoms with Crippen LogP contribution in [0.1, 0.15) is 27.2 Å². The zero-order valence-electron chi connectivity index (χ0n) is 12.8. The molecule has 1 atom stereocenters. The zero-order valence-corrected chi connectivity index (χ0v) is 12.8. The molecular formula is C14H24N4O3. The molecule has 0 aliphatic carbocycles. The molecule has 0 saturated carbocycles. The van der Waals surface area contributed by atoms with Gasteiger partial charge in [0.05, 0.1) is 12.5 Å². The van der Waals surface area contributed by atoms with E-state index in [0.717, 1.165) is 0 Å². The van der Waals surface area contributed by atoms with Crippen molar-refractivity contribution in [1.29, 1.82) is 0 Å². The van der Waals surface area contributed by atoms with Crippen molar-refractivity contribution >= 4 is 12.0 Å². The first-order valence-electron chi connectivity index (χ1n) is 7.00. The van der Waals surface area contributed by atoms with Crippen LogP contribution in [0.3, 0.4) is 0 Å². The molecule has 0 aliphatic heterocycles. The van der Waals surface area contributed by atoms with E-state index in [4.69, 9.17) is 5.11 Å². The Bertz CT molecular complexity index is 451. The van der Waals surface area contributed by atoms with E-state index in [2.05, 4.69) is 15.7 Å². The number of aliphatic carboxylic acids is 1. The van der Waals surface area contributed by atoms with Crippen LogP contribution in [0.5, 0.6) is 0 Å². The minimum atomic E-state index is -0.887. The number of hydrogen-bond acceptors (Lipinski definition) is 3. The van der Waals surface area contributed by atoms with E-state index in [-0.39, 0.29) is 18.0 Å². The van der Waals surface area contributed by atoms with Crippen LogP contribution in [0, 0.1) is 11.3 Å². The average molecular weight is 296 g/mol. The quantitative estimate of drug-likeness (QED) is 0.707. The number of carbonyl (C=O) groups is 2. The predicted molar refractivity (Wildman–Crippen MR) is 78.8 cm³/mol. The maximum Gasteiger partial charge on any atom is 0.314 e. The maximum absolute atomic E-state index is 11.6. The van der Waals surface area contributed by atoms with E-state index >= 15 is 0 Å². The Morgan fingerprint density at radius 2 is 2.05 bits per heavy atom. The van der Waals surface area contributed by atoms with Crippen LogP contribution in [0.4, 0.5) is 4.79 Å². The molecule has 21 heavy (non-hydrogen) atoms. The number of carbonyl (C=O) groups excluding carboxylic acids is 1. The topological polar surface area (TPSA) is 96.3 Å². The minimum Gasteiger partial charge on any atom is -0.481 e. The maximum atomic E-state index is 11.6. The van der Waals surface area contributed by atoms with Crippen molar-refractivity contribution in [3.05, 3.63) is 18.5 Å². The summed E-state index contributed by atoms with van der Waals surface area (Å²) >= 11 is 0. The lowest BCUT2D eigenvalue weighted by Crippen LogP contribution is -2.41. The Hall–Kier alpha value is -2.05. The van der Waals surface area contributed by atoms with Gasteiger partial charge in [0, 0.05) is 25.5 Å². The highest BCUT2D eigenvalue weighted by Gasteiger charge is 2.24. The van der Waals surface area contributed by atoms with E-state index in [1.54, 1.807) is 10.9 Å². The fraction of sp³-hybridized carbons (Fsp3) is 0.643. The van der Waals surface area contributed by atoms with Crippen molar-refractivity contribution in [3.8, 4) is 0 Å². The Morgan fingerprint density at radius 1 is 1.33 bits per heavy atom. The van der Waals surface area contributed by atoms with Crippen LogP contribution in [0.25, 0.3) is 0 Å². The summed E-state index contributed by atoms with van der Waals surface area (Å²) in [6.07, 6.45) is 3.99. The van der Waals surface area contributed by atoms with Crippen molar-refractivity contribution in [3.63, 3.8) is 0 Å². The molecule has 0 aliphatic rings. The number of rotatable bonds is 7. The lowest BCUT2D eigenvalue weighted by atomic mass is 9.84. The SMILES string of the molecule is CC(C)(C)CC(CNC(=O)NCCn1cccn1)C(=O)O. The fourth-order valence-corrected chi connectivity index (χ4v) is 1.98. The summed E-state index contributed by atoms with van der Waals surface area (Å²) in [6, 6.07) is 1.45. The van der Waals surface area contributed by atoms with Gasteiger partial charge in [0.15, 0.2) is 0 Å². The monoisotopic (exact) mass is 296 g/mol. The van der Waals surface area contributed by atoms with E-state index in [1.165, 1.54) is 0 Å². The molecule has 0 saturated heterocycles. The van der Waals surface area contributed by atoms with Gasteiger partial charge in [-0.1, -0.05) is 20.8 Å². The molecule has 7 heteroatoms. The van der Waals surface area contributed by atoms with Crippen molar-refractivity contribution in [2.75, 3.05) is 13.1 Å². The molecule has 118 valence electrons. The molecule has 2 amide bonds. The second-order valence-corrected chi connectivity index (χ2v) is 6.21. The Balaban J connectivity index is 2.27. The van der Waals surface area contributed by atoms with Gasteiger partial charge in [-0.3, -0.25) is 9.48 Å². The van der Waals surface area contributed by atoms with Crippen LogP contribution in [0.2, 0.25) is 0 Å². The van der Waals surface area contributed by atoms with Crippen LogP contribution >= 0.6 is 0 Å². The second kappa shape index (κ2) is 7.66. The number of carboxylic acids is 1. The highest BCUT2D eigenvalue weighted by Crippen LogP contribution is 2.24. The first-order valence-corrected chi connectivity index (χ1v) is 7.00. The predicted octanol–water partition coefficient (Wildman–Crippen LogP) is 1.32. The van der Waals surface area contributed by atoms with Crippen molar-refractivity contribution in [2.45, 2.75) is 33.7 Å². The van der Waals surface area contributed by atoms with E-state index in [0.29, 0.717) is 19.5 Å². The van der Waals surface area contributed by atoms with Gasteiger partial charge in [-0.2, -0.15) is 5.10 Å². The van der Waals surface area contributed by atoms with Gasteiger partial charge in [-0.15, -0.1) is 0 Å². The molecule has 1 heterocycles. The van der Waals surface area contributed by atoms with E-state index in [9.17, 15) is 9.59 Å². The lowest BCUT2D eigenvalue weighted by molar-refractivity contribution is -0.142. The number of nitrogens with one attached hydrogen (secondary N) is 2. The molecule has 1 unspecified atom stereocenters. The van der Waals surface area contributed by atoms with Gasteiger partial charge in [0.25, 0.3) is 0 Å². The number of nitrogens with zero attached hydrogens (tertiary/aromatic N) is 2. The fourth-order valence-electron chi connectivity index (χ4n) is 1.98. The average Bonchev–Trinajstić information content (AvgIpc) is 2.86. The third kappa shape index (κ3) is 7.34. The summed E-state index contributed by atoms with van der Waals surface area (Å²) in [4.78, 5) is 22.8. The van der Waals surface area contributed by atoms with Crippen molar-refractivity contribution in [1.82, 2.24) is 20.4 Å². The molecule has 0 fully saturated rings. The Labute approximate surface area is 124 Å². The van der Waals surface area contributed by atoms with Gasteiger partial charge >= 0.3 is 12.0 Å². The summed E-state index contributed by atoms with van der Waals surface area (Å²) < 4.78 is 1.71. The Kier molecular flexibility index (Phi) is 6.20. The molecule has 0 bridgehead atoms. The molecule has 3 N–H and O–H groups in total. The molecule has 1 aromatic heterocycles. The smallest absolute Gasteiger partial charge is 0.314 e. The molecule has 1 aromatic rings. The van der Waals surface area contributed by atoms with Gasteiger partial charge in [-0.25, -0.2) is 4.79 Å². The third-order valence-corrected chi connectivity index (χ3v) is 2.90. The molecule has 0 spiro atoms. The highest BCUT2D eigenvalue weighted by atomic mass is 16.4. The molecule has 0 aromatic carbocycles. The van der Waals surface area contributed by atoms with Crippen LogP contribution in [-0.4, -0.2) is 40.0 Å². The number of urea groups is 1. The molecular weight excluding hydrogens is 272 g/mol. The molecule has 1 rings (SSSR count). The molecule has 0 radical (unpaired) electrons. The standard InChI is InChI=1S/C14H24N4O3/c1-14(2,3)9-11(12(19)20)10-16-13(21)15-6-8-18-7-4-5-17-18/h4-5,7,11H,6,8-10H2,1-3H3,(H,19,20)(H2,15,16,21). The summed E-state index contributed by atoms with van der Waals surface area (Å²) in [5, 5.41) is 18.5. The van der Waals surface area contributed by atoms with Gasteiger partial charge in [0.1, 0.15) is 0 Å². The molecule has 7 nitrogen and oxygen atoms in total. The summed E-state index contributed by atoms with van der Waals surface area (Å²) in [5.41, 5.74) is -0.0959. The minimum absolute atomic E-state index is 0.0959. The zero-order chi connectivity index (χ0) is 15.9. The third-order valence-electron chi connectivity index (χ3n) is 2.90. The Morgan fingerprint density at radius 3 is 2.57 bits per heavy atom. The first kappa shape index (κ1) is 17.0. The van der Waals surface area contributed by atoms with Crippen LogP contribution in [-0.2, 0) is 11.3 Å². The summed E-state index contributed by atoms with van der Waals surface area (Å²) in [7, 11) is 0. The van der Waals surface area contributed by atoms with Crippen LogP contribution < -0.4 is 10.6 Å². The lowest BCUT2D eigenvalue weighted by Gasteiger charge is -2.23. The number of carboxylic acid groups (broad SMARTS) is 1.